The Labute approximate surface area is 242 Å². The Bertz CT molecular complexity index is 1120. The number of carbonyl (C=O) groups excluding carboxylic acids is 1. The monoisotopic (exact) mass is 554 g/mol. The van der Waals surface area contributed by atoms with E-state index < -0.39 is 83.1 Å². The van der Waals surface area contributed by atoms with E-state index in [-0.39, 0.29) is 57.7 Å². The molecule has 0 bridgehead atoms. The van der Waals surface area contributed by atoms with E-state index in [9.17, 15) is 45.4 Å². The van der Waals surface area contributed by atoms with E-state index >= 15 is 0 Å². The zero-order valence-electron chi connectivity index (χ0n) is 19.5. The molecule has 2 aromatic rings. The van der Waals surface area contributed by atoms with Crippen molar-refractivity contribution in [3.63, 3.8) is 0 Å². The summed E-state index contributed by atoms with van der Waals surface area (Å²) in [6, 6.07) is -2.41. The van der Waals surface area contributed by atoms with Crippen molar-refractivity contribution >= 4 is 29.0 Å². The van der Waals surface area contributed by atoms with Gasteiger partial charge >= 0.3 is 63.5 Å². The maximum absolute atomic E-state index is 13.8. The number of nitrogens with one attached hydrogen (secondary N) is 1. The van der Waals surface area contributed by atoms with Crippen LogP contribution in [0.25, 0.3) is 10.4 Å². The molecule has 1 saturated heterocycles. The number of hydrogen-bond acceptors (Lipinski definition) is 6. The third-order valence-electron chi connectivity index (χ3n) is 5.07. The van der Waals surface area contributed by atoms with Gasteiger partial charge in [0.05, 0.1) is 11.4 Å². The number of anilines is 1. The zero-order valence-corrected chi connectivity index (χ0v) is 22.4. The number of likely N-dealkylation sites (tertiary alicyclic amines) is 1. The van der Waals surface area contributed by atoms with Crippen LogP contribution in [-0.2, 0) is 0 Å². The molecule has 2 atom stereocenters. The van der Waals surface area contributed by atoms with Crippen LogP contribution in [-0.4, -0.2) is 62.6 Å². The molecule has 0 aromatic carbocycles. The number of pyridine rings is 1. The van der Waals surface area contributed by atoms with Crippen LogP contribution in [0.15, 0.2) is 12.3 Å². The molecule has 2 unspecified atom stereocenters. The van der Waals surface area contributed by atoms with E-state index in [4.69, 9.17) is 0 Å². The molecule has 35 heavy (non-hydrogen) atoms. The Morgan fingerprint density at radius 1 is 1.34 bits per heavy atom. The number of carboxylic acid groups (broad SMARTS) is 1. The average Bonchev–Trinajstić information content (AvgIpc) is 3.27. The van der Waals surface area contributed by atoms with Crippen molar-refractivity contribution in [1.29, 1.82) is 0 Å². The fourth-order valence-electron chi connectivity index (χ4n) is 3.38. The molecule has 0 saturated carbocycles. The molecular weight excluding hydrogens is 536 g/mol. The van der Waals surface area contributed by atoms with Crippen molar-refractivity contribution in [3.8, 4) is 10.4 Å². The minimum absolute atomic E-state index is 0. The van der Waals surface area contributed by atoms with E-state index in [0.717, 1.165) is 18.0 Å². The number of hydrogen-bond donors (Lipinski definition) is 2. The Kier molecular flexibility index (Phi) is 9.36. The molecule has 3 heterocycles. The molecule has 16 heteroatoms. The van der Waals surface area contributed by atoms with Gasteiger partial charge in [-0.05, 0) is 19.9 Å². The number of carboxylic acids is 1. The summed E-state index contributed by atoms with van der Waals surface area (Å²) in [4.78, 5) is 32.1. The van der Waals surface area contributed by atoms with Gasteiger partial charge in [-0.2, -0.15) is 13.2 Å². The first kappa shape index (κ1) is 29.9. The number of carbonyl (C=O) groups is 2. The molecule has 1 aliphatic heterocycles. The molecule has 1 aliphatic rings. The number of nitrogens with zero attached hydrogens (tertiary/aromatic N) is 3. The van der Waals surface area contributed by atoms with Gasteiger partial charge in [-0.25, -0.2) is 32.3 Å². The topological polar surface area (TPSA) is 95.4 Å². The van der Waals surface area contributed by atoms with Crippen LogP contribution in [0.4, 0.5) is 36.6 Å². The fourth-order valence-corrected chi connectivity index (χ4v) is 4.31. The summed E-state index contributed by atoms with van der Waals surface area (Å²) in [5, 5.41) is 10.6. The molecular formula is C19H18F7KN4O3S. The molecule has 0 radical (unpaired) electrons. The van der Waals surface area contributed by atoms with Crippen molar-refractivity contribution in [2.75, 3.05) is 11.9 Å². The first-order chi connectivity index (χ1) is 15.6. The predicted molar refractivity (Wildman–Crippen MR) is 108 cm³/mol. The fraction of sp³-hybridized carbons (Fsp3) is 0.474. The Balaban J connectivity index is 0.00000324. The van der Waals surface area contributed by atoms with Crippen LogP contribution in [0.3, 0.4) is 0 Å². The van der Waals surface area contributed by atoms with Crippen LogP contribution < -0.4 is 56.7 Å². The van der Waals surface area contributed by atoms with E-state index in [1.54, 1.807) is 0 Å². The minimum Gasteiger partial charge on any atom is -1.00 e. The maximum Gasteiger partial charge on any atom is 1.00 e. The van der Waals surface area contributed by atoms with E-state index in [0.29, 0.717) is 17.4 Å². The predicted octanol–water partition coefficient (Wildman–Crippen LogP) is 2.19. The van der Waals surface area contributed by atoms with Crippen LogP contribution >= 0.6 is 11.3 Å². The van der Waals surface area contributed by atoms with Crippen molar-refractivity contribution < 1.29 is 98.2 Å². The van der Waals surface area contributed by atoms with E-state index in [1.807, 2.05) is 5.32 Å². The Hall–Kier alpha value is -1.33. The summed E-state index contributed by atoms with van der Waals surface area (Å²) in [6.07, 6.45) is -7.84. The molecule has 7 nitrogen and oxygen atoms in total. The minimum atomic E-state index is -4.69. The first-order valence-corrected chi connectivity index (χ1v) is 10.5. The summed E-state index contributed by atoms with van der Waals surface area (Å²) in [5.41, 5.74) is -1.94. The molecule has 3 rings (SSSR count). The normalized spacial score (nSPS) is 18.3. The third-order valence-corrected chi connectivity index (χ3v) is 6.15. The number of rotatable bonds is 6. The molecule has 2 N–H and O–H groups in total. The summed E-state index contributed by atoms with van der Waals surface area (Å²) < 4.78 is 93.6. The summed E-state index contributed by atoms with van der Waals surface area (Å²) in [7, 11) is 0. The van der Waals surface area contributed by atoms with Gasteiger partial charge in [-0.3, -0.25) is 4.79 Å². The van der Waals surface area contributed by atoms with Crippen LogP contribution in [0.2, 0.25) is 0 Å². The van der Waals surface area contributed by atoms with Gasteiger partial charge < -0.3 is 16.7 Å². The smallest absolute Gasteiger partial charge is 1.00 e. The van der Waals surface area contributed by atoms with Gasteiger partial charge in [0.25, 0.3) is 18.3 Å². The first-order valence-electron chi connectivity index (χ1n) is 9.65. The van der Waals surface area contributed by atoms with Crippen LogP contribution in [0, 0.1) is 0 Å². The number of halogens is 7. The summed E-state index contributed by atoms with van der Waals surface area (Å²) in [5.74, 6) is -6.41. The van der Waals surface area contributed by atoms with E-state index in [2.05, 4.69) is 9.97 Å². The van der Waals surface area contributed by atoms with Gasteiger partial charge in [0.15, 0.2) is 0 Å². The zero-order chi connectivity index (χ0) is 25.6. The second kappa shape index (κ2) is 11.0. The van der Waals surface area contributed by atoms with Crippen molar-refractivity contribution in [2.45, 2.75) is 50.9 Å². The van der Waals surface area contributed by atoms with Gasteiger partial charge in [0.1, 0.15) is 17.6 Å². The molecule has 1 fully saturated rings. The van der Waals surface area contributed by atoms with Crippen LogP contribution in [0.5, 0.6) is 0 Å². The number of aromatic nitrogens is 2. The summed E-state index contributed by atoms with van der Waals surface area (Å²) in [6.45, 7) is 1.13. The standard InChI is InChI=1S/C19H17F7N4O3S.K.H/c1-7-4-18(22,23)6-30(7)16(31)12-13(34-15(29-12)17(32)33)10-5-27-11(3-9(10)14(20)21)28-8(2)19(24,25)26;;/h3,5,7-8,14H,4,6H2,1-2H3,(H,27,28)(H,32,33);;/q;+1;-1. The van der Waals surface area contributed by atoms with E-state index in [1.165, 1.54) is 6.92 Å². The van der Waals surface area contributed by atoms with Crippen molar-refractivity contribution in [2.24, 2.45) is 0 Å². The molecule has 2 aromatic heterocycles. The Morgan fingerprint density at radius 2 is 1.97 bits per heavy atom. The Morgan fingerprint density at radius 3 is 2.46 bits per heavy atom. The largest absolute Gasteiger partial charge is 1.00 e. The van der Waals surface area contributed by atoms with Gasteiger partial charge in [0.2, 0.25) is 5.01 Å². The van der Waals surface area contributed by atoms with Crippen molar-refractivity contribution in [3.05, 3.63) is 28.5 Å². The summed E-state index contributed by atoms with van der Waals surface area (Å²) >= 11 is 0.345. The third kappa shape index (κ3) is 6.71. The second-order valence-electron chi connectivity index (χ2n) is 7.71. The number of amides is 1. The number of thiazole rings is 1. The van der Waals surface area contributed by atoms with Gasteiger partial charge in [-0.15, -0.1) is 11.3 Å². The molecule has 0 spiro atoms. The second-order valence-corrected chi connectivity index (χ2v) is 8.71. The molecule has 188 valence electrons. The van der Waals surface area contributed by atoms with Crippen molar-refractivity contribution in [1.82, 2.24) is 14.9 Å². The molecule has 1 amide bonds. The molecule has 0 aliphatic carbocycles. The SMILES string of the molecule is CC1CC(F)(F)CN1C(=O)c1nc(C(=O)O)sc1-c1cnc(NC(C)C(F)(F)F)cc1C(F)F.[H-].[K+]. The van der Waals surface area contributed by atoms with Crippen LogP contribution in [0.1, 0.15) is 54.0 Å². The van der Waals surface area contributed by atoms with Gasteiger partial charge in [0, 0.05) is 29.8 Å². The average molecular weight is 555 g/mol. The quantitative estimate of drug-likeness (QED) is 0.420. The number of alkyl halides is 7. The van der Waals surface area contributed by atoms with Gasteiger partial charge in [-0.1, -0.05) is 0 Å². The maximum atomic E-state index is 13.8. The number of aromatic carboxylic acids is 1.